The molecule has 1 aromatic heterocycles. The van der Waals surface area contributed by atoms with E-state index in [2.05, 4.69) is 43.1 Å². The van der Waals surface area contributed by atoms with Crippen molar-refractivity contribution in [2.24, 2.45) is 34.2 Å². The monoisotopic (exact) mass is 609 g/mol. The van der Waals surface area contributed by atoms with Gasteiger partial charge in [-0.05, 0) is 17.0 Å². The number of aliphatic hydroxyl groups is 2. The van der Waals surface area contributed by atoms with E-state index in [0.717, 1.165) is 29.5 Å². The van der Waals surface area contributed by atoms with Crippen LogP contribution < -0.4 is 35.3 Å². The first-order valence-corrected chi connectivity index (χ1v) is 13.4. The number of anilines is 1. The molecule has 0 saturated heterocycles. The topological polar surface area (TPSA) is 228 Å². The van der Waals surface area contributed by atoms with Gasteiger partial charge in [0.15, 0.2) is 11.5 Å². The smallest absolute Gasteiger partial charge is 0.510 e. The zero-order chi connectivity index (χ0) is 33.6. The van der Waals surface area contributed by atoms with E-state index in [1.165, 1.54) is 0 Å². The number of H-pyrrole nitrogens is 1. The standard InChI is InChI=1S/C9H17N3.C9H15NO3.C9H16O2.CH4O.HNO2.Na/c1-5(2)8-7(10)9(6(3)4)12-11-8;1-5(2)8(11)7(10-13)9(12)6(3)4;1-6(2)8(10)5-9(11)7(3)4;1-2;2-1-3;/h5-6H,10H2,1-4H3,(H,11,12);5-6,11H,1-4H3;6-7H,5H2,1-4H3;2H,1H3;(H,2,3);/q;;;;;+1/p-1. The third-order valence-electron chi connectivity index (χ3n) is 5.26. The Kier molecular flexibility index (Phi) is 32.1. The maximum Gasteiger partial charge on any atom is 1.00 e. The van der Waals surface area contributed by atoms with E-state index in [4.69, 9.17) is 21.0 Å². The number of nitrogens with zero attached hydrogens (tertiary/aromatic N) is 3. The van der Waals surface area contributed by atoms with Crippen LogP contribution in [0.15, 0.2) is 22.0 Å². The van der Waals surface area contributed by atoms with Gasteiger partial charge in [-0.15, -0.1) is 10.2 Å². The zero-order valence-electron chi connectivity index (χ0n) is 27.9. The van der Waals surface area contributed by atoms with Gasteiger partial charge in [0.25, 0.3) is 0 Å². The molecule has 0 aliphatic rings. The van der Waals surface area contributed by atoms with Gasteiger partial charge in [0, 0.05) is 30.8 Å². The molecule has 0 amide bonds. The summed E-state index contributed by atoms with van der Waals surface area (Å²) < 4.78 is 0. The number of aliphatic hydroxyl groups excluding tert-OH is 2. The fourth-order valence-corrected chi connectivity index (χ4v) is 2.60. The van der Waals surface area contributed by atoms with Gasteiger partial charge in [-0.25, -0.2) is 0 Å². The summed E-state index contributed by atoms with van der Waals surface area (Å²) in [6.07, 6.45) is 0.106. The second-order valence-corrected chi connectivity index (χ2v) is 10.7. The van der Waals surface area contributed by atoms with Crippen LogP contribution in [0.1, 0.15) is 113 Å². The van der Waals surface area contributed by atoms with Gasteiger partial charge in [0.2, 0.25) is 0 Å². The number of carbonyl (C=O) groups excluding carboxylic acids is 3. The molecular formula is C28H52N5NaO8. The van der Waals surface area contributed by atoms with Crippen LogP contribution in [0.4, 0.5) is 5.69 Å². The number of Topliss-reactive ketones (excluding diaryl/α,β-unsaturated/α-hetero) is 3. The SMILES string of the molecule is CC(C)C(=O)C(N=O)=C(O)C(C)C.CC(C)C(=O)CC(=O)C(C)C.CC(C)c1n[nH]c(C(C)C)c1N.CO.O=N[O-].[Na+]. The second-order valence-electron chi connectivity index (χ2n) is 10.7. The molecule has 0 unspecified atom stereocenters. The first-order valence-electron chi connectivity index (χ1n) is 13.4. The molecule has 1 rings (SSSR count). The number of ketones is 3. The first kappa shape index (κ1) is 49.2. The van der Waals surface area contributed by atoms with Gasteiger partial charge in [-0.2, -0.15) is 5.10 Å². The minimum absolute atomic E-state index is 0. The van der Waals surface area contributed by atoms with E-state index >= 15 is 0 Å². The number of carbonyl (C=O) groups is 3. The number of allylic oxidation sites excluding steroid dienone is 2. The maximum atomic E-state index is 11.3. The number of nitroso groups, excluding NO2 is 1. The van der Waals surface area contributed by atoms with Crippen molar-refractivity contribution in [1.82, 2.24) is 10.2 Å². The Balaban J connectivity index is -0.000000150. The van der Waals surface area contributed by atoms with E-state index in [-0.39, 0.29) is 82.7 Å². The average molecular weight is 610 g/mol. The van der Waals surface area contributed by atoms with Crippen LogP contribution in [0.3, 0.4) is 0 Å². The van der Waals surface area contributed by atoms with Crippen molar-refractivity contribution in [1.29, 1.82) is 0 Å². The number of aromatic nitrogens is 2. The molecule has 238 valence electrons. The third kappa shape index (κ3) is 21.3. The summed E-state index contributed by atoms with van der Waals surface area (Å²) in [4.78, 5) is 51.7. The van der Waals surface area contributed by atoms with Gasteiger partial charge in [0.1, 0.15) is 17.3 Å². The van der Waals surface area contributed by atoms with E-state index in [1.807, 2.05) is 27.7 Å². The molecule has 0 aliphatic carbocycles. The molecule has 13 nitrogen and oxygen atoms in total. The molecule has 0 spiro atoms. The molecule has 0 radical (unpaired) electrons. The van der Waals surface area contributed by atoms with E-state index in [0.29, 0.717) is 11.8 Å². The normalized spacial score (nSPS) is 10.6. The summed E-state index contributed by atoms with van der Waals surface area (Å²) in [7, 11) is 1.00. The van der Waals surface area contributed by atoms with E-state index in [1.54, 1.807) is 27.7 Å². The number of hydrogen-bond donors (Lipinski definition) is 4. The Morgan fingerprint density at radius 2 is 1.19 bits per heavy atom. The summed E-state index contributed by atoms with van der Waals surface area (Å²) in [6.45, 7) is 22.3. The van der Waals surface area contributed by atoms with Crippen molar-refractivity contribution in [3.63, 3.8) is 0 Å². The number of rotatable bonds is 10. The molecule has 0 atom stereocenters. The molecular weight excluding hydrogens is 557 g/mol. The van der Waals surface area contributed by atoms with Gasteiger partial charge in [0.05, 0.1) is 23.5 Å². The predicted molar refractivity (Wildman–Crippen MR) is 163 cm³/mol. The fourth-order valence-electron chi connectivity index (χ4n) is 2.60. The van der Waals surface area contributed by atoms with Crippen LogP contribution >= 0.6 is 0 Å². The number of nitrogen functional groups attached to an aromatic ring is 1. The summed E-state index contributed by atoms with van der Waals surface area (Å²) >= 11 is 0. The van der Waals surface area contributed by atoms with Gasteiger partial charge >= 0.3 is 29.6 Å². The predicted octanol–water partition coefficient (Wildman–Crippen LogP) is 3.33. The molecule has 1 aromatic rings. The van der Waals surface area contributed by atoms with Gasteiger partial charge in [-0.3, -0.25) is 19.5 Å². The first-order chi connectivity index (χ1) is 18.8. The van der Waals surface area contributed by atoms with Crippen LogP contribution in [0.25, 0.3) is 0 Å². The van der Waals surface area contributed by atoms with Crippen molar-refractivity contribution in [2.45, 2.75) is 101 Å². The zero-order valence-corrected chi connectivity index (χ0v) is 29.9. The average Bonchev–Trinajstić information content (AvgIpc) is 3.28. The minimum atomic E-state index is -0.416. The van der Waals surface area contributed by atoms with Crippen molar-refractivity contribution < 1.29 is 54.2 Å². The fraction of sp³-hybridized carbons (Fsp3) is 0.714. The number of hydrogen-bond acceptors (Lipinski definition) is 12. The molecule has 0 saturated carbocycles. The molecule has 0 bridgehead atoms. The summed E-state index contributed by atoms with van der Waals surface area (Å²) in [5.41, 5.74) is 8.44. The number of nitrogens with two attached hydrogens (primary N) is 1. The molecule has 0 fully saturated rings. The Morgan fingerprint density at radius 1 is 0.810 bits per heavy atom. The molecule has 14 heteroatoms. The van der Waals surface area contributed by atoms with Crippen LogP contribution in [-0.4, -0.2) is 44.9 Å². The minimum Gasteiger partial charge on any atom is -0.510 e. The van der Waals surface area contributed by atoms with Crippen LogP contribution in [-0.2, 0) is 14.4 Å². The second kappa shape index (κ2) is 27.4. The molecule has 5 N–H and O–H groups in total. The van der Waals surface area contributed by atoms with Crippen molar-refractivity contribution in [3.8, 4) is 0 Å². The molecule has 0 aromatic carbocycles. The van der Waals surface area contributed by atoms with Gasteiger partial charge < -0.3 is 26.1 Å². The van der Waals surface area contributed by atoms with Crippen molar-refractivity contribution >= 4 is 23.0 Å². The summed E-state index contributed by atoms with van der Waals surface area (Å²) in [5.74, 6) is -0.347. The molecule has 0 aliphatic heterocycles. The summed E-state index contributed by atoms with van der Waals surface area (Å²) in [6, 6.07) is 0. The number of nitrogens with one attached hydrogen (secondary N) is 1. The summed E-state index contributed by atoms with van der Waals surface area (Å²) in [5, 5.41) is 35.1. The molecule has 42 heavy (non-hydrogen) atoms. The molecule has 1 heterocycles. The van der Waals surface area contributed by atoms with Crippen LogP contribution in [0.5, 0.6) is 0 Å². The van der Waals surface area contributed by atoms with Crippen LogP contribution in [0.2, 0.25) is 0 Å². The largest absolute Gasteiger partial charge is 1.00 e. The Morgan fingerprint density at radius 3 is 1.38 bits per heavy atom. The van der Waals surface area contributed by atoms with Gasteiger partial charge in [-0.1, -0.05) is 83.1 Å². The number of aromatic amines is 1. The van der Waals surface area contributed by atoms with Crippen molar-refractivity contribution in [2.75, 3.05) is 12.8 Å². The van der Waals surface area contributed by atoms with E-state index in [9.17, 15) is 24.4 Å². The Labute approximate surface area is 272 Å². The van der Waals surface area contributed by atoms with Crippen LogP contribution in [0, 0.1) is 38.7 Å². The van der Waals surface area contributed by atoms with Crippen molar-refractivity contribution in [3.05, 3.63) is 37.9 Å². The van der Waals surface area contributed by atoms with E-state index < -0.39 is 5.78 Å². The maximum absolute atomic E-state index is 11.3. The Bertz CT molecular complexity index is 913. The quantitative estimate of drug-likeness (QED) is 0.0755. The Hall–Kier alpha value is -2.48. The third-order valence-corrected chi connectivity index (χ3v) is 5.26.